The standard InChI is InChI=1S/C27H21F2N5O3.C7H12FN.C7H14.C4H8O3/c1-3-18-21(28)7-4-14-8-17(36)9-19(22(14)18)24-23(29)25-20(10-30-24)26(32-27(31-25)37-2)33-11-15-5-6-16(12-33)34(15)13-35;8-6-4-7-2-1-3-9(7)5-6;1-7-5-3-2-4-6-7;1-4(6-2)7-3-5/h1,4,7-10,13,15-16,36H,5-6,11-12H2,2H3;6-7H,1-5H2;7H,2-6H2,1H3;3-4H,1-2H3/t;6-,7?;;/m.1../s1. The molecular formula is C45H55F3N6O6. The predicted octanol–water partition coefficient (Wildman–Crippen LogP) is 7.56. The van der Waals surface area contributed by atoms with E-state index in [1.165, 1.54) is 89.6 Å². The van der Waals surface area contributed by atoms with E-state index in [0.29, 0.717) is 48.7 Å². The van der Waals surface area contributed by atoms with E-state index in [1.54, 1.807) is 6.92 Å². The van der Waals surface area contributed by atoms with E-state index in [4.69, 9.17) is 11.2 Å². The molecule has 5 aliphatic rings. The van der Waals surface area contributed by atoms with Gasteiger partial charge in [0.1, 0.15) is 34.8 Å². The molecule has 2 bridgehead atoms. The number of phenolic OH excluding ortho intramolecular Hbond substituents is 1. The van der Waals surface area contributed by atoms with Crippen molar-refractivity contribution in [3.8, 4) is 35.4 Å². The fourth-order valence-corrected chi connectivity index (χ4v) is 9.04. The van der Waals surface area contributed by atoms with Crippen LogP contribution in [0.1, 0.15) is 83.6 Å². The van der Waals surface area contributed by atoms with Gasteiger partial charge in [-0.25, -0.2) is 13.2 Å². The number of nitrogens with zero attached hydrogens (tertiary/aromatic N) is 6. The van der Waals surface area contributed by atoms with Gasteiger partial charge in [0.15, 0.2) is 12.1 Å². The number of fused-ring (bicyclic) bond motifs is 5. The summed E-state index contributed by atoms with van der Waals surface area (Å²) in [5, 5.41) is 11.4. The maximum Gasteiger partial charge on any atom is 0.318 e. The molecule has 2 aromatic heterocycles. The Hall–Kier alpha value is -5.20. The Labute approximate surface area is 349 Å². The summed E-state index contributed by atoms with van der Waals surface area (Å²) in [5.41, 5.74) is -0.0999. The summed E-state index contributed by atoms with van der Waals surface area (Å²) in [6.45, 7) is 7.28. The van der Waals surface area contributed by atoms with Crippen LogP contribution >= 0.6 is 0 Å². The number of hydrogen-bond acceptors (Lipinski definition) is 11. The van der Waals surface area contributed by atoms with Crippen LogP contribution in [0.15, 0.2) is 30.5 Å². The average molecular weight is 833 g/mol. The van der Waals surface area contributed by atoms with E-state index in [2.05, 4.69) is 42.2 Å². The topological polar surface area (TPSA) is 130 Å². The van der Waals surface area contributed by atoms with E-state index in [0.717, 1.165) is 38.1 Å². The van der Waals surface area contributed by atoms with Crippen LogP contribution in [0.5, 0.6) is 11.8 Å². The van der Waals surface area contributed by atoms with Crippen LogP contribution in [-0.4, -0.2) is 114 Å². The molecule has 1 amide bonds. The number of ether oxygens (including phenoxy) is 3. The molecule has 0 spiro atoms. The molecule has 6 heterocycles. The molecule has 60 heavy (non-hydrogen) atoms. The number of aromatic hydroxyl groups is 1. The molecule has 4 aromatic rings. The lowest BCUT2D eigenvalue weighted by atomic mass is 9.91. The first-order chi connectivity index (χ1) is 29.0. The number of anilines is 1. The van der Waals surface area contributed by atoms with E-state index < -0.39 is 24.1 Å². The lowest BCUT2D eigenvalue weighted by molar-refractivity contribution is -0.153. The minimum absolute atomic E-state index is 0.0279. The highest BCUT2D eigenvalue weighted by Gasteiger charge is 2.40. The zero-order chi connectivity index (χ0) is 42.9. The summed E-state index contributed by atoms with van der Waals surface area (Å²) in [6, 6.07) is 6.06. The zero-order valence-electron chi connectivity index (χ0n) is 34.8. The molecule has 5 fully saturated rings. The van der Waals surface area contributed by atoms with Crippen LogP contribution < -0.4 is 9.64 Å². The van der Waals surface area contributed by atoms with Gasteiger partial charge >= 0.3 is 6.01 Å². The summed E-state index contributed by atoms with van der Waals surface area (Å²) in [4.78, 5) is 40.3. The fraction of sp³-hybridized carbons (Fsp3) is 0.533. The number of piperazine rings is 1. The number of amides is 1. The first kappa shape index (κ1) is 44.4. The van der Waals surface area contributed by atoms with E-state index in [-0.39, 0.29) is 51.6 Å². The first-order valence-electron chi connectivity index (χ1n) is 20.8. The third-order valence-corrected chi connectivity index (χ3v) is 12.2. The van der Waals surface area contributed by atoms with Crippen molar-refractivity contribution >= 4 is 40.4 Å². The predicted molar refractivity (Wildman–Crippen MR) is 223 cm³/mol. The second-order valence-corrected chi connectivity index (χ2v) is 16.1. The van der Waals surface area contributed by atoms with Gasteiger partial charge in [-0.2, -0.15) is 9.97 Å². The number of alkyl halides is 1. The summed E-state index contributed by atoms with van der Waals surface area (Å²) >= 11 is 0. The number of terminal acetylenes is 1. The van der Waals surface area contributed by atoms with Crippen molar-refractivity contribution < 1.29 is 42.1 Å². The third kappa shape index (κ3) is 10.0. The first-order valence-corrected chi connectivity index (χ1v) is 20.8. The van der Waals surface area contributed by atoms with Crippen LogP contribution in [0.3, 0.4) is 0 Å². The van der Waals surface area contributed by atoms with E-state index >= 15 is 4.39 Å². The number of benzene rings is 2. The van der Waals surface area contributed by atoms with Crippen molar-refractivity contribution in [2.75, 3.05) is 45.3 Å². The summed E-state index contributed by atoms with van der Waals surface area (Å²) in [7, 11) is 2.86. The SMILES string of the molecule is C#Cc1c(F)ccc2cc(O)cc(-c3ncc4c(N5CC6CCC(C5)N6C=O)nc(OC)nc4c3F)c12.CC1CCCCC1.COC(C)OC=O.F[C@@H]1CC2CCCN2C1. The highest BCUT2D eigenvalue weighted by atomic mass is 19.1. The molecule has 9 rings (SSSR count). The number of methoxy groups -OCH3 is 2. The molecule has 4 aliphatic heterocycles. The third-order valence-electron chi connectivity index (χ3n) is 12.2. The van der Waals surface area contributed by atoms with Gasteiger partial charge in [0.25, 0.3) is 6.47 Å². The Bertz CT molecular complexity index is 2140. The van der Waals surface area contributed by atoms with Gasteiger partial charge in [0.05, 0.1) is 18.1 Å². The van der Waals surface area contributed by atoms with Crippen LogP contribution in [0, 0.1) is 29.9 Å². The van der Waals surface area contributed by atoms with Crippen molar-refractivity contribution in [1.82, 2.24) is 24.8 Å². The Morgan fingerprint density at radius 2 is 1.70 bits per heavy atom. The van der Waals surface area contributed by atoms with Crippen molar-refractivity contribution in [1.29, 1.82) is 0 Å². The van der Waals surface area contributed by atoms with E-state index in [9.17, 15) is 23.5 Å². The van der Waals surface area contributed by atoms with Crippen molar-refractivity contribution in [3.05, 3.63) is 47.7 Å². The average Bonchev–Trinajstić information content (AvgIpc) is 3.91. The molecule has 12 nitrogen and oxygen atoms in total. The van der Waals surface area contributed by atoms with Crippen LogP contribution in [0.25, 0.3) is 32.9 Å². The minimum Gasteiger partial charge on any atom is -0.508 e. The molecule has 1 saturated carbocycles. The van der Waals surface area contributed by atoms with Gasteiger partial charge in [-0.1, -0.05) is 51.0 Å². The number of phenols is 1. The van der Waals surface area contributed by atoms with Crippen molar-refractivity contribution in [3.63, 3.8) is 0 Å². The Morgan fingerprint density at radius 1 is 0.967 bits per heavy atom. The number of hydrogen-bond donors (Lipinski definition) is 1. The maximum absolute atomic E-state index is 16.2. The lowest BCUT2D eigenvalue weighted by Gasteiger charge is -2.39. The van der Waals surface area contributed by atoms with Crippen LogP contribution in [-0.2, 0) is 19.1 Å². The van der Waals surface area contributed by atoms with E-state index in [1.807, 2.05) is 9.80 Å². The molecule has 1 N–H and O–H groups in total. The second-order valence-electron chi connectivity index (χ2n) is 16.1. The molecule has 1 aliphatic carbocycles. The van der Waals surface area contributed by atoms with Gasteiger partial charge in [0, 0.05) is 62.0 Å². The molecule has 4 saturated heterocycles. The second kappa shape index (κ2) is 20.4. The fourth-order valence-electron chi connectivity index (χ4n) is 9.04. The Morgan fingerprint density at radius 3 is 2.28 bits per heavy atom. The lowest BCUT2D eigenvalue weighted by Crippen LogP contribution is -2.53. The number of pyridine rings is 1. The molecule has 15 heteroatoms. The largest absolute Gasteiger partial charge is 0.508 e. The molecule has 322 valence electrons. The summed E-state index contributed by atoms with van der Waals surface area (Å²) in [5.74, 6) is 2.25. The number of carbonyl (C=O) groups excluding carboxylic acids is 2. The number of rotatable bonds is 7. The van der Waals surface area contributed by atoms with Gasteiger partial charge in [-0.3, -0.25) is 19.5 Å². The van der Waals surface area contributed by atoms with Gasteiger partial charge in [-0.15, -0.1) is 6.42 Å². The molecule has 4 unspecified atom stereocenters. The molecule has 5 atom stereocenters. The normalized spacial score (nSPS) is 22.6. The monoisotopic (exact) mass is 832 g/mol. The van der Waals surface area contributed by atoms with Crippen LogP contribution in [0.4, 0.5) is 19.0 Å². The molecule has 0 radical (unpaired) electrons. The zero-order valence-corrected chi connectivity index (χ0v) is 34.8. The quantitative estimate of drug-likeness (QED) is 0.113. The summed E-state index contributed by atoms with van der Waals surface area (Å²) in [6.07, 6.45) is 19.5. The number of halogens is 3. The highest BCUT2D eigenvalue weighted by Crippen LogP contribution is 2.40. The highest BCUT2D eigenvalue weighted by molar-refractivity contribution is 6.03. The number of carbonyl (C=O) groups is 2. The Kier molecular flexibility index (Phi) is 15.1. The number of aromatic nitrogens is 3. The van der Waals surface area contributed by atoms with Gasteiger partial charge in [0.2, 0.25) is 6.41 Å². The molecular weight excluding hydrogens is 778 g/mol. The van der Waals surface area contributed by atoms with Gasteiger partial charge in [-0.05, 0) is 75.1 Å². The molecule has 2 aromatic carbocycles. The summed E-state index contributed by atoms with van der Waals surface area (Å²) < 4.78 is 57.5. The van der Waals surface area contributed by atoms with Gasteiger partial charge < -0.3 is 29.1 Å². The van der Waals surface area contributed by atoms with Crippen LogP contribution in [0.2, 0.25) is 0 Å². The minimum atomic E-state index is -0.784. The Balaban J connectivity index is 0.000000211. The van der Waals surface area contributed by atoms with Crippen molar-refractivity contribution in [2.45, 2.75) is 109 Å². The maximum atomic E-state index is 16.2. The smallest absolute Gasteiger partial charge is 0.318 e. The van der Waals surface area contributed by atoms with Crippen molar-refractivity contribution in [2.24, 2.45) is 5.92 Å².